The SMILES string of the molecule is CC(C)(C)Sc1cc(C=C2C(=O)C(C=C3C=C(C(C)(C)C)SC(C(C)(C)C)=C3)=C2NCC(=O)O)cc(SC(C)(C)C)[o+]1. The number of Topliss-reactive ketones (excluding diaryl/α,β-unsaturated/α-hetero) is 1. The summed E-state index contributed by atoms with van der Waals surface area (Å²) in [5.41, 5.74) is 3.19. The van der Waals surface area contributed by atoms with E-state index in [0.717, 1.165) is 21.3 Å². The number of aliphatic carboxylic acids is 1. The van der Waals surface area contributed by atoms with E-state index in [9.17, 15) is 14.7 Å². The van der Waals surface area contributed by atoms with Gasteiger partial charge in [0.1, 0.15) is 6.54 Å². The molecule has 0 radical (unpaired) electrons. The van der Waals surface area contributed by atoms with Gasteiger partial charge < -0.3 is 10.4 Å². The largest absolute Gasteiger partial charge is 0.480 e. The molecular weight excluding hydrogens is 583 g/mol. The predicted octanol–water partition coefficient (Wildman–Crippen LogP) is 9.77. The zero-order valence-electron chi connectivity index (χ0n) is 27.1. The van der Waals surface area contributed by atoms with Gasteiger partial charge in [0.2, 0.25) is 0 Å². The van der Waals surface area contributed by atoms with E-state index >= 15 is 0 Å². The van der Waals surface area contributed by atoms with Crippen LogP contribution in [0.25, 0.3) is 6.08 Å². The van der Waals surface area contributed by atoms with Crippen LogP contribution in [0.15, 0.2) is 77.2 Å². The average Bonchev–Trinajstić information content (AvgIpc) is 2.78. The van der Waals surface area contributed by atoms with Gasteiger partial charge in [-0.3, -0.25) is 9.59 Å². The van der Waals surface area contributed by atoms with Crippen LogP contribution in [-0.2, 0) is 9.59 Å². The third kappa shape index (κ3) is 9.68. The number of rotatable bonds is 7. The van der Waals surface area contributed by atoms with E-state index in [1.54, 1.807) is 35.3 Å². The summed E-state index contributed by atoms with van der Waals surface area (Å²) >= 11 is 5.05. The molecule has 2 N–H and O–H groups in total. The molecule has 0 saturated heterocycles. The van der Waals surface area contributed by atoms with Crippen LogP contribution in [0.2, 0.25) is 0 Å². The van der Waals surface area contributed by atoms with Crippen LogP contribution in [0.4, 0.5) is 0 Å². The molecule has 2 heterocycles. The molecule has 0 aromatic carbocycles. The maximum Gasteiger partial charge on any atom is 0.389 e. The zero-order chi connectivity index (χ0) is 31.8. The van der Waals surface area contributed by atoms with Crippen molar-refractivity contribution in [2.75, 3.05) is 6.54 Å². The van der Waals surface area contributed by atoms with Crippen molar-refractivity contribution in [3.8, 4) is 0 Å². The van der Waals surface area contributed by atoms with Crippen molar-refractivity contribution in [3.05, 3.63) is 68.2 Å². The monoisotopic (exact) mass is 628 g/mol. The van der Waals surface area contributed by atoms with E-state index in [2.05, 4.69) is 101 Å². The molecule has 0 amide bonds. The van der Waals surface area contributed by atoms with Gasteiger partial charge in [-0.15, -0.1) is 0 Å². The minimum absolute atomic E-state index is 0.0497. The summed E-state index contributed by atoms with van der Waals surface area (Å²) < 4.78 is 6.10. The summed E-state index contributed by atoms with van der Waals surface area (Å²) in [7, 11) is 0. The van der Waals surface area contributed by atoms with Gasteiger partial charge in [-0.05, 0) is 79.6 Å². The van der Waals surface area contributed by atoms with Gasteiger partial charge in [-0.25, -0.2) is 0 Å². The Bertz CT molecular complexity index is 1350. The van der Waals surface area contributed by atoms with Crippen LogP contribution in [0.3, 0.4) is 0 Å². The molecule has 8 heteroatoms. The number of carbonyl (C=O) groups excluding carboxylic acids is 1. The maximum absolute atomic E-state index is 13.6. The molecule has 42 heavy (non-hydrogen) atoms. The molecule has 1 aromatic rings. The van der Waals surface area contributed by atoms with Gasteiger partial charge in [0.05, 0.1) is 17.8 Å². The fourth-order valence-electron chi connectivity index (χ4n) is 4.02. The topological polar surface area (TPSA) is 77.7 Å². The van der Waals surface area contributed by atoms with Crippen molar-refractivity contribution in [2.24, 2.45) is 10.8 Å². The standard InChI is InChI=1S/C34H45NO4S3/c1-31(2,3)24-15-20(16-25(40-24)32(4,5)6)13-22-29(35-19-26(36)37)23(30(22)38)14-21-17-27(41-33(7,8)9)39-28(18-21)42-34(10,11)12/h13-18H,19H2,1-12H3,(H-,35,36,37,38)/p+1. The van der Waals surface area contributed by atoms with E-state index < -0.39 is 5.97 Å². The number of carboxylic acids is 1. The first-order chi connectivity index (χ1) is 19.0. The third-order valence-electron chi connectivity index (χ3n) is 5.94. The summed E-state index contributed by atoms with van der Waals surface area (Å²) in [4.78, 5) is 27.6. The van der Waals surface area contributed by atoms with E-state index in [4.69, 9.17) is 4.42 Å². The lowest BCUT2D eigenvalue weighted by molar-refractivity contribution is -0.135. The Labute approximate surface area is 264 Å². The van der Waals surface area contributed by atoms with Crippen LogP contribution in [0, 0.1) is 10.8 Å². The first kappa shape index (κ1) is 34.3. The summed E-state index contributed by atoms with van der Waals surface area (Å²) in [6.45, 7) is 25.6. The van der Waals surface area contributed by atoms with Crippen molar-refractivity contribution >= 4 is 53.1 Å². The number of hydrogen-bond donors (Lipinski definition) is 2. The van der Waals surface area contributed by atoms with E-state index in [-0.39, 0.29) is 32.7 Å². The molecule has 5 nitrogen and oxygen atoms in total. The highest BCUT2D eigenvalue weighted by molar-refractivity contribution is 8.06. The molecule has 228 valence electrons. The molecule has 0 saturated carbocycles. The van der Waals surface area contributed by atoms with Gasteiger partial charge in [-0.1, -0.05) is 94.8 Å². The normalized spacial score (nSPS) is 17.7. The van der Waals surface area contributed by atoms with Crippen LogP contribution in [0.1, 0.15) is 88.6 Å². The molecule has 1 aliphatic carbocycles. The number of carbonyl (C=O) groups is 2. The minimum atomic E-state index is -0.988. The fourth-order valence-corrected chi connectivity index (χ4v) is 7.17. The molecule has 1 aromatic heterocycles. The number of allylic oxidation sites excluding steroid dienone is 8. The zero-order valence-corrected chi connectivity index (χ0v) is 29.5. The van der Waals surface area contributed by atoms with Crippen molar-refractivity contribution in [3.63, 3.8) is 0 Å². The van der Waals surface area contributed by atoms with Gasteiger partial charge >= 0.3 is 16.2 Å². The quantitative estimate of drug-likeness (QED) is 0.176. The Morgan fingerprint density at radius 2 is 1.33 bits per heavy atom. The Balaban J connectivity index is 2.15. The number of ketones is 1. The smallest absolute Gasteiger partial charge is 0.389 e. The summed E-state index contributed by atoms with van der Waals surface area (Å²) in [5, 5.41) is 14.0. The Hall–Kier alpha value is -2.16. The highest BCUT2D eigenvalue weighted by atomic mass is 32.2. The Morgan fingerprint density at radius 3 is 1.74 bits per heavy atom. The second-order valence-electron chi connectivity index (χ2n) is 14.6. The fraction of sp³-hybridized carbons (Fsp3) is 0.500. The molecular formula is C34H46NO4S3+. The number of thioether (sulfide) groups is 3. The van der Waals surface area contributed by atoms with E-state index in [1.807, 2.05) is 24.3 Å². The van der Waals surface area contributed by atoms with Gasteiger partial charge in [0.15, 0.2) is 5.78 Å². The highest BCUT2D eigenvalue weighted by Gasteiger charge is 2.35. The van der Waals surface area contributed by atoms with Crippen molar-refractivity contribution in [1.29, 1.82) is 0 Å². The Kier molecular flexibility index (Phi) is 10.2. The molecule has 0 spiro atoms. The first-order valence-corrected chi connectivity index (χ1v) is 16.6. The van der Waals surface area contributed by atoms with Crippen LogP contribution >= 0.6 is 35.3 Å². The van der Waals surface area contributed by atoms with Gasteiger partial charge in [-0.2, -0.15) is 4.42 Å². The number of nitrogens with one attached hydrogen (secondary N) is 1. The van der Waals surface area contributed by atoms with Gasteiger partial charge in [0.25, 0.3) is 0 Å². The number of hydrogen-bond acceptors (Lipinski definition) is 6. The predicted molar refractivity (Wildman–Crippen MR) is 181 cm³/mol. The summed E-state index contributed by atoms with van der Waals surface area (Å²) in [6.07, 6.45) is 8.01. The second-order valence-corrected chi connectivity index (χ2v) is 19.4. The number of carboxylic acid groups (broad SMARTS) is 1. The average molecular weight is 629 g/mol. The van der Waals surface area contributed by atoms with Crippen molar-refractivity contribution in [1.82, 2.24) is 5.32 Å². The lowest BCUT2D eigenvalue weighted by atomic mass is 9.83. The highest BCUT2D eigenvalue weighted by Crippen LogP contribution is 2.49. The molecule has 0 unspecified atom stereocenters. The van der Waals surface area contributed by atoms with Crippen molar-refractivity contribution < 1.29 is 19.1 Å². The first-order valence-electron chi connectivity index (χ1n) is 14.2. The Morgan fingerprint density at radius 1 is 0.857 bits per heavy atom. The van der Waals surface area contributed by atoms with Crippen LogP contribution in [-0.4, -0.2) is 32.9 Å². The third-order valence-corrected chi connectivity index (χ3v) is 9.87. The van der Waals surface area contributed by atoms with Crippen LogP contribution < -0.4 is 5.32 Å². The lowest BCUT2D eigenvalue weighted by Gasteiger charge is -2.32. The molecule has 0 fully saturated rings. The molecule has 0 atom stereocenters. The van der Waals surface area contributed by atoms with Gasteiger partial charge in [0, 0.05) is 20.6 Å². The summed E-state index contributed by atoms with van der Waals surface area (Å²) in [6, 6.07) is 3.90. The molecule has 1 aliphatic heterocycles. The van der Waals surface area contributed by atoms with Crippen LogP contribution in [0.5, 0.6) is 0 Å². The molecule has 3 rings (SSSR count). The lowest BCUT2D eigenvalue weighted by Crippen LogP contribution is -2.34. The molecule has 0 bridgehead atoms. The van der Waals surface area contributed by atoms with Crippen molar-refractivity contribution in [2.45, 2.75) is 103 Å². The van der Waals surface area contributed by atoms with E-state index in [0.29, 0.717) is 16.8 Å². The molecule has 2 aliphatic rings. The second kappa shape index (κ2) is 12.4. The summed E-state index contributed by atoms with van der Waals surface area (Å²) in [5.74, 6) is -1.10. The maximum atomic E-state index is 13.6. The minimum Gasteiger partial charge on any atom is -0.480 e. The van der Waals surface area contributed by atoms with E-state index in [1.165, 1.54) is 9.81 Å².